The molecule has 4 heterocycles. The monoisotopic (exact) mass is 371 g/mol. The van der Waals surface area contributed by atoms with Crippen molar-refractivity contribution in [1.82, 2.24) is 15.1 Å². The standard InChI is InChI=1S/C20H25N3O4/c1-12-17-16(27-19(12)20(24)21-9-14-3-2-7-25-14)5-4-13-10-23(22-18(13)17)11-15-6-8-26-15/h10,14-15H,2-9,11H2,1H3,(H,21,24)/t14-,15-/m0/s1. The highest BCUT2D eigenvalue weighted by atomic mass is 16.5. The van der Waals surface area contributed by atoms with Crippen LogP contribution in [0.15, 0.2) is 10.6 Å². The summed E-state index contributed by atoms with van der Waals surface area (Å²) in [5.74, 6) is 1.11. The molecular formula is C20H25N3O4. The van der Waals surface area contributed by atoms with Crippen LogP contribution in [0.5, 0.6) is 0 Å². The first-order valence-electron chi connectivity index (χ1n) is 9.89. The summed E-state index contributed by atoms with van der Waals surface area (Å²) < 4.78 is 19.0. The summed E-state index contributed by atoms with van der Waals surface area (Å²) in [4.78, 5) is 12.6. The molecule has 0 unspecified atom stereocenters. The first kappa shape index (κ1) is 17.0. The minimum absolute atomic E-state index is 0.120. The summed E-state index contributed by atoms with van der Waals surface area (Å²) >= 11 is 0. The molecule has 144 valence electrons. The zero-order chi connectivity index (χ0) is 18.4. The van der Waals surface area contributed by atoms with Gasteiger partial charge in [0.2, 0.25) is 0 Å². The van der Waals surface area contributed by atoms with Crippen LogP contribution >= 0.6 is 0 Å². The number of furan rings is 1. The van der Waals surface area contributed by atoms with Gasteiger partial charge in [-0.2, -0.15) is 5.10 Å². The molecule has 0 saturated carbocycles. The maximum Gasteiger partial charge on any atom is 0.287 e. The molecule has 1 amide bonds. The number of fused-ring (bicyclic) bond motifs is 3. The Morgan fingerprint density at radius 2 is 2.11 bits per heavy atom. The molecule has 5 rings (SSSR count). The minimum Gasteiger partial charge on any atom is -0.455 e. The highest BCUT2D eigenvalue weighted by Crippen LogP contribution is 2.38. The zero-order valence-electron chi connectivity index (χ0n) is 15.6. The van der Waals surface area contributed by atoms with Crippen LogP contribution in [0, 0.1) is 6.92 Å². The molecule has 7 heteroatoms. The fourth-order valence-electron chi connectivity index (χ4n) is 4.20. The normalized spacial score (nSPS) is 23.6. The van der Waals surface area contributed by atoms with Crippen molar-refractivity contribution in [3.05, 3.63) is 28.8 Å². The van der Waals surface area contributed by atoms with E-state index < -0.39 is 0 Å². The van der Waals surface area contributed by atoms with E-state index in [4.69, 9.17) is 19.0 Å². The Morgan fingerprint density at radius 1 is 1.26 bits per heavy atom. The molecule has 3 aliphatic rings. The highest BCUT2D eigenvalue weighted by molar-refractivity contribution is 5.95. The summed E-state index contributed by atoms with van der Waals surface area (Å²) in [6.07, 6.45) is 7.35. The van der Waals surface area contributed by atoms with Gasteiger partial charge in [-0.25, -0.2) is 0 Å². The smallest absolute Gasteiger partial charge is 0.287 e. The van der Waals surface area contributed by atoms with Gasteiger partial charge in [-0.15, -0.1) is 0 Å². The Morgan fingerprint density at radius 3 is 2.85 bits per heavy atom. The average Bonchev–Trinajstić information content (AvgIpc) is 3.34. The van der Waals surface area contributed by atoms with E-state index in [2.05, 4.69) is 11.5 Å². The number of amides is 1. The number of ether oxygens (including phenoxy) is 2. The van der Waals surface area contributed by atoms with E-state index in [1.54, 1.807) is 0 Å². The van der Waals surface area contributed by atoms with Gasteiger partial charge in [0.1, 0.15) is 5.76 Å². The number of rotatable bonds is 5. The van der Waals surface area contributed by atoms with Crippen LogP contribution in [-0.2, 0) is 28.9 Å². The van der Waals surface area contributed by atoms with Gasteiger partial charge in [0.05, 0.1) is 24.4 Å². The van der Waals surface area contributed by atoms with E-state index in [1.807, 2.05) is 11.6 Å². The molecule has 0 radical (unpaired) electrons. The number of carbonyl (C=O) groups excluding carboxylic acids is 1. The number of nitrogens with one attached hydrogen (secondary N) is 1. The van der Waals surface area contributed by atoms with Gasteiger partial charge < -0.3 is 19.2 Å². The van der Waals surface area contributed by atoms with Gasteiger partial charge in [0.25, 0.3) is 5.91 Å². The van der Waals surface area contributed by atoms with Gasteiger partial charge in [0, 0.05) is 43.5 Å². The quantitative estimate of drug-likeness (QED) is 0.872. The number of hydrogen-bond donors (Lipinski definition) is 1. The van der Waals surface area contributed by atoms with Crippen molar-refractivity contribution in [3.63, 3.8) is 0 Å². The van der Waals surface area contributed by atoms with Gasteiger partial charge >= 0.3 is 0 Å². The minimum atomic E-state index is -0.166. The Kier molecular flexibility index (Phi) is 4.28. The summed E-state index contributed by atoms with van der Waals surface area (Å²) in [7, 11) is 0. The van der Waals surface area contributed by atoms with E-state index in [9.17, 15) is 4.79 Å². The number of aromatic nitrogens is 2. The van der Waals surface area contributed by atoms with Gasteiger partial charge in [0.15, 0.2) is 5.76 Å². The van der Waals surface area contributed by atoms with Crippen LogP contribution in [0.25, 0.3) is 11.3 Å². The predicted octanol–water partition coefficient (Wildman–Crippen LogP) is 2.25. The van der Waals surface area contributed by atoms with E-state index in [1.165, 1.54) is 5.56 Å². The third kappa shape index (κ3) is 3.08. The van der Waals surface area contributed by atoms with E-state index >= 15 is 0 Å². The summed E-state index contributed by atoms with van der Waals surface area (Å²) in [5.41, 5.74) is 4.04. The maximum absolute atomic E-state index is 12.6. The molecule has 1 N–H and O–H groups in total. The van der Waals surface area contributed by atoms with E-state index in [-0.39, 0.29) is 18.1 Å². The van der Waals surface area contributed by atoms with Crippen LogP contribution in [0.2, 0.25) is 0 Å². The van der Waals surface area contributed by atoms with E-state index in [0.29, 0.717) is 12.3 Å². The van der Waals surface area contributed by atoms with Crippen molar-refractivity contribution in [2.45, 2.75) is 57.8 Å². The molecule has 0 spiro atoms. The molecule has 0 bridgehead atoms. The van der Waals surface area contributed by atoms with Crippen molar-refractivity contribution >= 4 is 5.91 Å². The highest BCUT2D eigenvalue weighted by Gasteiger charge is 2.30. The fourth-order valence-corrected chi connectivity index (χ4v) is 4.20. The molecule has 2 atom stereocenters. The lowest BCUT2D eigenvalue weighted by atomic mass is 9.93. The van der Waals surface area contributed by atoms with Crippen LogP contribution < -0.4 is 5.32 Å². The number of nitrogens with zero attached hydrogens (tertiary/aromatic N) is 2. The first-order valence-corrected chi connectivity index (χ1v) is 9.89. The Bertz CT molecular complexity index is 859. The largest absolute Gasteiger partial charge is 0.455 e. The van der Waals surface area contributed by atoms with Gasteiger partial charge in [-0.1, -0.05) is 0 Å². The number of hydrogen-bond acceptors (Lipinski definition) is 5. The summed E-state index contributed by atoms with van der Waals surface area (Å²) in [6, 6.07) is 0. The molecule has 2 aromatic heterocycles. The lowest BCUT2D eigenvalue weighted by molar-refractivity contribution is -0.0608. The maximum atomic E-state index is 12.6. The average molecular weight is 371 g/mol. The Labute approximate surface area is 158 Å². The second-order valence-electron chi connectivity index (χ2n) is 7.71. The number of aryl methyl sites for hydroxylation is 2. The van der Waals surface area contributed by atoms with Crippen molar-refractivity contribution in [2.24, 2.45) is 0 Å². The molecule has 2 aromatic rings. The fraction of sp³-hybridized carbons (Fsp3) is 0.600. The SMILES string of the molecule is Cc1c(C(=O)NC[C@@H]2CCCO2)oc2c1-c1nn(C[C@@H]3CCO3)cc1CC2. The topological polar surface area (TPSA) is 78.5 Å². The molecule has 27 heavy (non-hydrogen) atoms. The van der Waals surface area contributed by atoms with Crippen molar-refractivity contribution in [2.75, 3.05) is 19.8 Å². The molecule has 2 aliphatic heterocycles. The van der Waals surface area contributed by atoms with Crippen LogP contribution in [-0.4, -0.2) is 47.7 Å². The van der Waals surface area contributed by atoms with Crippen molar-refractivity contribution < 1.29 is 18.7 Å². The molecule has 2 fully saturated rings. The Hall–Kier alpha value is -2.12. The predicted molar refractivity (Wildman–Crippen MR) is 97.7 cm³/mol. The third-order valence-electron chi connectivity index (χ3n) is 5.82. The zero-order valence-corrected chi connectivity index (χ0v) is 15.6. The van der Waals surface area contributed by atoms with Crippen molar-refractivity contribution in [1.29, 1.82) is 0 Å². The second-order valence-corrected chi connectivity index (χ2v) is 7.71. The van der Waals surface area contributed by atoms with Crippen molar-refractivity contribution in [3.8, 4) is 11.3 Å². The second kappa shape index (κ2) is 6.80. The summed E-state index contributed by atoms with van der Waals surface area (Å²) in [6.45, 7) is 4.90. The third-order valence-corrected chi connectivity index (χ3v) is 5.82. The molecule has 0 aromatic carbocycles. The van der Waals surface area contributed by atoms with Gasteiger partial charge in [-0.3, -0.25) is 9.48 Å². The molecule has 2 saturated heterocycles. The molecule has 7 nitrogen and oxygen atoms in total. The first-order chi connectivity index (χ1) is 13.2. The lowest BCUT2D eigenvalue weighted by Gasteiger charge is -2.26. The number of carbonyl (C=O) groups is 1. The van der Waals surface area contributed by atoms with Crippen LogP contribution in [0.1, 0.15) is 46.7 Å². The van der Waals surface area contributed by atoms with Crippen LogP contribution in [0.3, 0.4) is 0 Å². The molecule has 1 aliphatic carbocycles. The molecular weight excluding hydrogens is 346 g/mol. The summed E-state index contributed by atoms with van der Waals surface area (Å²) in [5, 5.41) is 7.74. The Balaban J connectivity index is 1.37. The van der Waals surface area contributed by atoms with Gasteiger partial charge in [-0.05, 0) is 38.2 Å². The lowest BCUT2D eigenvalue weighted by Crippen LogP contribution is -2.31. The van der Waals surface area contributed by atoms with E-state index in [0.717, 1.165) is 74.4 Å². The van der Waals surface area contributed by atoms with Crippen LogP contribution in [0.4, 0.5) is 0 Å².